The lowest BCUT2D eigenvalue weighted by Gasteiger charge is -2.34. The molecule has 2 aliphatic rings. The van der Waals surface area contributed by atoms with E-state index in [1.165, 1.54) is 16.7 Å². The zero-order chi connectivity index (χ0) is 18.6. The summed E-state index contributed by atoms with van der Waals surface area (Å²) >= 11 is 0. The molecule has 0 bridgehead atoms. The number of nitrogens with zero attached hydrogens (tertiary/aromatic N) is 3. The molecule has 27 heavy (non-hydrogen) atoms. The predicted molar refractivity (Wildman–Crippen MR) is 102 cm³/mol. The highest BCUT2D eigenvalue weighted by molar-refractivity contribution is 5.73. The van der Waals surface area contributed by atoms with E-state index in [0.717, 1.165) is 58.1 Å². The van der Waals surface area contributed by atoms with E-state index < -0.39 is 0 Å². The van der Waals surface area contributed by atoms with Gasteiger partial charge in [-0.25, -0.2) is 0 Å². The van der Waals surface area contributed by atoms with Crippen LogP contribution in [0.1, 0.15) is 23.6 Å². The number of benzene rings is 1. The Morgan fingerprint density at radius 3 is 2.56 bits per heavy atom. The Balaban J connectivity index is 1.40. The zero-order valence-corrected chi connectivity index (χ0v) is 15.9. The molecule has 0 radical (unpaired) electrons. The SMILES string of the molecule is CC(=O)N1CCN(Cc2ccc3c(c2)CN(Cc2ccoc2)CCO3)CC1. The van der Waals surface area contributed by atoms with Crippen LogP contribution in [-0.2, 0) is 24.4 Å². The first-order chi connectivity index (χ1) is 13.2. The van der Waals surface area contributed by atoms with Crippen molar-refractivity contribution in [2.45, 2.75) is 26.6 Å². The summed E-state index contributed by atoms with van der Waals surface area (Å²) < 4.78 is 11.2. The minimum absolute atomic E-state index is 0.176. The third-order valence-electron chi connectivity index (χ3n) is 5.39. The van der Waals surface area contributed by atoms with Gasteiger partial charge in [0.25, 0.3) is 0 Å². The second kappa shape index (κ2) is 8.15. The Hall–Kier alpha value is -2.31. The van der Waals surface area contributed by atoms with E-state index in [2.05, 4.69) is 28.0 Å². The molecule has 0 unspecified atom stereocenters. The lowest BCUT2D eigenvalue weighted by Crippen LogP contribution is -2.47. The molecule has 0 atom stereocenters. The Bertz CT molecular complexity index is 767. The van der Waals surface area contributed by atoms with Crippen LogP contribution in [0.2, 0.25) is 0 Å². The number of hydrogen-bond acceptors (Lipinski definition) is 5. The van der Waals surface area contributed by atoms with Crippen LogP contribution in [0.15, 0.2) is 41.2 Å². The number of ether oxygens (including phenoxy) is 1. The number of hydrogen-bond donors (Lipinski definition) is 0. The van der Waals surface area contributed by atoms with Gasteiger partial charge >= 0.3 is 0 Å². The van der Waals surface area contributed by atoms with Crippen LogP contribution in [0.4, 0.5) is 0 Å². The lowest BCUT2D eigenvalue weighted by atomic mass is 10.1. The molecule has 0 N–H and O–H groups in total. The molecule has 3 heterocycles. The largest absolute Gasteiger partial charge is 0.492 e. The molecular weight excluding hydrogens is 342 g/mol. The minimum atomic E-state index is 0.176. The Morgan fingerprint density at radius 2 is 1.81 bits per heavy atom. The van der Waals surface area contributed by atoms with Crippen molar-refractivity contribution in [3.8, 4) is 5.75 Å². The van der Waals surface area contributed by atoms with Gasteiger partial charge in [-0.15, -0.1) is 0 Å². The number of amides is 1. The molecule has 144 valence electrons. The van der Waals surface area contributed by atoms with Crippen molar-refractivity contribution in [1.82, 2.24) is 14.7 Å². The molecule has 1 aromatic heterocycles. The van der Waals surface area contributed by atoms with Crippen molar-refractivity contribution in [3.05, 3.63) is 53.5 Å². The van der Waals surface area contributed by atoms with Gasteiger partial charge in [0, 0.05) is 70.4 Å². The van der Waals surface area contributed by atoms with Crippen molar-refractivity contribution >= 4 is 5.91 Å². The fourth-order valence-corrected chi connectivity index (χ4v) is 3.86. The molecule has 4 rings (SSSR count). The summed E-state index contributed by atoms with van der Waals surface area (Å²) in [5.74, 6) is 1.17. The monoisotopic (exact) mass is 369 g/mol. The molecule has 2 aliphatic heterocycles. The van der Waals surface area contributed by atoms with Gasteiger partial charge in [0.15, 0.2) is 0 Å². The fraction of sp³-hybridized carbons (Fsp3) is 0.476. The summed E-state index contributed by atoms with van der Waals surface area (Å²) in [5, 5.41) is 0. The Kier molecular flexibility index (Phi) is 5.45. The summed E-state index contributed by atoms with van der Waals surface area (Å²) in [7, 11) is 0. The summed E-state index contributed by atoms with van der Waals surface area (Å²) in [6.45, 7) is 9.43. The molecule has 0 spiro atoms. The molecule has 1 amide bonds. The van der Waals surface area contributed by atoms with Crippen LogP contribution in [-0.4, -0.2) is 59.9 Å². The smallest absolute Gasteiger partial charge is 0.219 e. The highest BCUT2D eigenvalue weighted by atomic mass is 16.5. The molecular formula is C21H27N3O3. The van der Waals surface area contributed by atoms with Crippen LogP contribution in [0.5, 0.6) is 5.75 Å². The number of furan rings is 1. The van der Waals surface area contributed by atoms with Crippen LogP contribution < -0.4 is 4.74 Å². The quantitative estimate of drug-likeness (QED) is 0.828. The molecule has 0 saturated carbocycles. The van der Waals surface area contributed by atoms with E-state index in [-0.39, 0.29) is 5.91 Å². The average molecular weight is 369 g/mol. The van der Waals surface area contributed by atoms with Gasteiger partial charge in [-0.1, -0.05) is 6.07 Å². The van der Waals surface area contributed by atoms with Crippen molar-refractivity contribution < 1.29 is 13.9 Å². The third-order valence-corrected chi connectivity index (χ3v) is 5.39. The first kappa shape index (κ1) is 18.1. The fourth-order valence-electron chi connectivity index (χ4n) is 3.86. The van der Waals surface area contributed by atoms with Crippen LogP contribution in [0, 0.1) is 0 Å². The van der Waals surface area contributed by atoms with E-state index in [4.69, 9.17) is 9.15 Å². The molecule has 1 fully saturated rings. The van der Waals surface area contributed by atoms with Gasteiger partial charge in [0.2, 0.25) is 5.91 Å². The maximum atomic E-state index is 11.5. The number of carbonyl (C=O) groups excluding carboxylic acids is 1. The van der Waals surface area contributed by atoms with E-state index in [9.17, 15) is 4.79 Å². The first-order valence-corrected chi connectivity index (χ1v) is 9.63. The molecule has 2 aromatic rings. The van der Waals surface area contributed by atoms with Gasteiger partial charge < -0.3 is 14.1 Å². The van der Waals surface area contributed by atoms with E-state index in [1.54, 1.807) is 13.2 Å². The standard InChI is InChI=1S/C21H27N3O3/c1-17(25)24-7-5-22(6-8-24)13-18-2-3-21-20(12-18)15-23(9-11-27-21)14-19-4-10-26-16-19/h2-4,10,12,16H,5-9,11,13-15H2,1H3. The maximum Gasteiger partial charge on any atom is 0.219 e. The number of fused-ring (bicyclic) bond motifs is 1. The number of piperazine rings is 1. The molecule has 1 aromatic carbocycles. The average Bonchev–Trinajstić information content (AvgIpc) is 3.08. The predicted octanol–water partition coefficient (Wildman–Crippen LogP) is 2.34. The van der Waals surface area contributed by atoms with Crippen LogP contribution in [0.3, 0.4) is 0 Å². The van der Waals surface area contributed by atoms with Crippen molar-refractivity contribution in [3.63, 3.8) is 0 Å². The highest BCUT2D eigenvalue weighted by Gasteiger charge is 2.20. The van der Waals surface area contributed by atoms with Crippen molar-refractivity contribution in [1.29, 1.82) is 0 Å². The third kappa shape index (κ3) is 4.51. The molecule has 0 aliphatic carbocycles. The molecule has 1 saturated heterocycles. The highest BCUT2D eigenvalue weighted by Crippen LogP contribution is 2.26. The Labute approximate surface area is 160 Å². The molecule has 6 nitrogen and oxygen atoms in total. The minimum Gasteiger partial charge on any atom is -0.492 e. The number of rotatable bonds is 4. The van der Waals surface area contributed by atoms with Gasteiger partial charge in [-0.3, -0.25) is 14.6 Å². The van der Waals surface area contributed by atoms with Crippen LogP contribution in [0.25, 0.3) is 0 Å². The lowest BCUT2D eigenvalue weighted by molar-refractivity contribution is -0.130. The van der Waals surface area contributed by atoms with E-state index in [0.29, 0.717) is 6.61 Å². The van der Waals surface area contributed by atoms with Crippen molar-refractivity contribution in [2.24, 2.45) is 0 Å². The first-order valence-electron chi connectivity index (χ1n) is 9.63. The summed E-state index contributed by atoms with van der Waals surface area (Å²) in [5.41, 5.74) is 3.74. The van der Waals surface area contributed by atoms with Gasteiger partial charge in [-0.05, 0) is 23.8 Å². The van der Waals surface area contributed by atoms with E-state index >= 15 is 0 Å². The zero-order valence-electron chi connectivity index (χ0n) is 15.9. The molecule has 6 heteroatoms. The topological polar surface area (TPSA) is 49.2 Å². The summed E-state index contributed by atoms with van der Waals surface area (Å²) in [4.78, 5) is 18.2. The maximum absolute atomic E-state index is 11.5. The summed E-state index contributed by atoms with van der Waals surface area (Å²) in [6.07, 6.45) is 3.53. The normalized spacial score (nSPS) is 18.6. The van der Waals surface area contributed by atoms with Crippen molar-refractivity contribution in [2.75, 3.05) is 39.3 Å². The second-order valence-corrected chi connectivity index (χ2v) is 7.42. The van der Waals surface area contributed by atoms with Gasteiger partial charge in [0.05, 0.1) is 12.5 Å². The summed E-state index contributed by atoms with van der Waals surface area (Å²) in [6, 6.07) is 8.57. The Morgan fingerprint density at radius 1 is 1.00 bits per heavy atom. The van der Waals surface area contributed by atoms with Crippen LogP contribution >= 0.6 is 0 Å². The second-order valence-electron chi connectivity index (χ2n) is 7.42. The van der Waals surface area contributed by atoms with E-state index in [1.807, 2.05) is 17.2 Å². The number of carbonyl (C=O) groups is 1. The van der Waals surface area contributed by atoms with Gasteiger partial charge in [0.1, 0.15) is 12.4 Å². The van der Waals surface area contributed by atoms with Gasteiger partial charge in [-0.2, -0.15) is 0 Å².